The van der Waals surface area contributed by atoms with Gasteiger partial charge in [-0.25, -0.2) is 0 Å². The molecule has 1 atom stereocenters. The predicted molar refractivity (Wildman–Crippen MR) is 93.0 cm³/mol. The van der Waals surface area contributed by atoms with Crippen LogP contribution in [0.15, 0.2) is 35.2 Å². The number of nitrogens with zero attached hydrogens (tertiary/aromatic N) is 2. The van der Waals surface area contributed by atoms with Crippen LogP contribution in [0.25, 0.3) is 0 Å². The molecule has 1 fully saturated rings. The topological polar surface area (TPSA) is 92.1 Å². The van der Waals surface area contributed by atoms with Crippen molar-refractivity contribution < 1.29 is 9.59 Å². The van der Waals surface area contributed by atoms with Crippen LogP contribution in [0, 0.1) is 0 Å². The number of nitrogens with one attached hydrogen (secondary N) is 1. The first-order valence-corrected chi connectivity index (χ1v) is 9.13. The Balaban J connectivity index is 1.91. The monoisotopic (exact) mass is 344 g/mol. The summed E-state index contributed by atoms with van der Waals surface area (Å²) in [7, 11) is 0. The molecule has 1 saturated heterocycles. The van der Waals surface area contributed by atoms with E-state index >= 15 is 0 Å². The van der Waals surface area contributed by atoms with Crippen molar-refractivity contribution in [3.63, 3.8) is 0 Å². The fourth-order valence-electron chi connectivity index (χ4n) is 3.11. The van der Waals surface area contributed by atoms with Crippen LogP contribution in [-0.2, 0) is 0 Å². The van der Waals surface area contributed by atoms with Crippen molar-refractivity contribution >= 4 is 23.6 Å². The number of carbonyl (C=O) groups is 2. The smallest absolute Gasteiger partial charge is 0.269 e. The Hall–Kier alpha value is -2.28. The lowest BCUT2D eigenvalue weighted by atomic mass is 9.98. The van der Waals surface area contributed by atoms with Gasteiger partial charge in [-0.05, 0) is 43.7 Å². The van der Waals surface area contributed by atoms with E-state index in [0.717, 1.165) is 29.9 Å². The molecule has 6 nitrogen and oxygen atoms in total. The Bertz CT molecular complexity index is 759. The average Bonchev–Trinajstić information content (AvgIpc) is 3.11. The minimum Gasteiger partial charge on any atom is -0.364 e. The van der Waals surface area contributed by atoms with Crippen LogP contribution in [0.1, 0.15) is 51.8 Å². The number of hydrogen-bond acceptors (Lipinski definition) is 4. The molecule has 1 aliphatic rings. The van der Waals surface area contributed by atoms with Gasteiger partial charge < -0.3 is 10.6 Å². The van der Waals surface area contributed by atoms with Crippen molar-refractivity contribution in [2.24, 2.45) is 5.73 Å². The molecule has 1 aromatic heterocycles. The normalized spacial score (nSPS) is 17.7. The molecule has 0 saturated carbocycles. The number of H-pyrrole nitrogens is 1. The van der Waals surface area contributed by atoms with Crippen molar-refractivity contribution in [3.8, 4) is 0 Å². The number of aromatic nitrogens is 2. The van der Waals surface area contributed by atoms with E-state index in [2.05, 4.69) is 10.2 Å². The highest BCUT2D eigenvalue weighted by molar-refractivity contribution is 7.98. The zero-order chi connectivity index (χ0) is 17.1. The number of aromatic amines is 1. The molecular weight excluding hydrogens is 324 g/mol. The highest BCUT2D eigenvalue weighted by atomic mass is 32.2. The summed E-state index contributed by atoms with van der Waals surface area (Å²) in [6.45, 7) is 0.692. The molecule has 1 aliphatic heterocycles. The number of nitrogens with two attached hydrogens (primary N) is 1. The predicted octanol–water partition coefficient (Wildman–Crippen LogP) is 2.60. The lowest BCUT2D eigenvalue weighted by molar-refractivity contribution is 0.0602. The fraction of sp³-hybridized carbons (Fsp3) is 0.353. The van der Waals surface area contributed by atoms with E-state index in [1.54, 1.807) is 17.8 Å². The van der Waals surface area contributed by atoms with Gasteiger partial charge in [-0.15, -0.1) is 11.8 Å². The third-order valence-corrected chi connectivity index (χ3v) is 5.11. The quantitative estimate of drug-likeness (QED) is 0.834. The van der Waals surface area contributed by atoms with Gasteiger partial charge >= 0.3 is 0 Å². The maximum absolute atomic E-state index is 13.1. The van der Waals surface area contributed by atoms with Crippen molar-refractivity contribution in [1.82, 2.24) is 15.1 Å². The molecule has 3 N–H and O–H groups in total. The highest BCUT2D eigenvalue weighted by Gasteiger charge is 2.31. The number of hydrogen-bond donors (Lipinski definition) is 2. The number of carbonyl (C=O) groups excluding carboxylic acids is 2. The molecule has 3 rings (SSSR count). The maximum atomic E-state index is 13.1. The second-order valence-corrected chi connectivity index (χ2v) is 6.63. The van der Waals surface area contributed by atoms with E-state index < -0.39 is 5.91 Å². The molecule has 126 valence electrons. The number of benzene rings is 1. The van der Waals surface area contributed by atoms with Crippen LogP contribution in [0.5, 0.6) is 0 Å². The Kier molecular flexibility index (Phi) is 4.89. The number of primary amides is 1. The lowest BCUT2D eigenvalue weighted by Crippen LogP contribution is -2.38. The fourth-order valence-corrected chi connectivity index (χ4v) is 3.70. The molecule has 7 heteroatoms. The van der Waals surface area contributed by atoms with Crippen LogP contribution >= 0.6 is 11.8 Å². The van der Waals surface area contributed by atoms with Crippen LogP contribution in [0.2, 0.25) is 0 Å². The first-order chi connectivity index (χ1) is 11.6. The second-order valence-electron chi connectivity index (χ2n) is 5.78. The number of amides is 2. The van der Waals surface area contributed by atoms with Gasteiger partial charge in [0.2, 0.25) is 0 Å². The molecule has 24 heavy (non-hydrogen) atoms. The highest BCUT2D eigenvalue weighted by Crippen LogP contribution is 2.33. The average molecular weight is 344 g/mol. The lowest BCUT2D eigenvalue weighted by Gasteiger charge is -2.35. The standard InChI is InChI=1S/C17H20N4O2S/c1-24-15-8-3-2-6-11(15)17(23)21-9-5-4-7-14(21)12-10-13(16(18)22)20-19-12/h2-3,6,8,10,14H,4-5,7,9H2,1H3,(H2,18,22)(H,19,20). The molecule has 0 spiro atoms. The molecular formula is C17H20N4O2S. The third-order valence-electron chi connectivity index (χ3n) is 4.31. The molecule has 2 amide bonds. The van der Waals surface area contributed by atoms with Crippen LogP contribution in [0.4, 0.5) is 0 Å². The van der Waals surface area contributed by atoms with E-state index in [0.29, 0.717) is 12.1 Å². The minimum atomic E-state index is -0.570. The molecule has 0 bridgehead atoms. The van der Waals surface area contributed by atoms with E-state index in [-0.39, 0.29) is 17.6 Å². The molecule has 0 radical (unpaired) electrons. The minimum absolute atomic E-state index is 0.0138. The van der Waals surface area contributed by atoms with Crippen molar-refractivity contribution in [2.75, 3.05) is 12.8 Å². The van der Waals surface area contributed by atoms with Crippen LogP contribution in [0.3, 0.4) is 0 Å². The summed E-state index contributed by atoms with van der Waals surface area (Å²) >= 11 is 1.56. The van der Waals surface area contributed by atoms with E-state index in [9.17, 15) is 9.59 Å². The number of rotatable bonds is 4. The third kappa shape index (κ3) is 3.17. The summed E-state index contributed by atoms with van der Waals surface area (Å²) in [6, 6.07) is 9.18. The van der Waals surface area contributed by atoms with Gasteiger partial charge in [0.15, 0.2) is 0 Å². The van der Waals surface area contributed by atoms with Gasteiger partial charge in [0.1, 0.15) is 5.69 Å². The Morgan fingerprint density at radius 1 is 1.33 bits per heavy atom. The zero-order valence-corrected chi connectivity index (χ0v) is 14.3. The zero-order valence-electron chi connectivity index (χ0n) is 13.5. The summed E-state index contributed by atoms with van der Waals surface area (Å²) < 4.78 is 0. The van der Waals surface area contributed by atoms with Gasteiger partial charge in [-0.2, -0.15) is 5.10 Å². The van der Waals surface area contributed by atoms with Gasteiger partial charge in [0, 0.05) is 11.4 Å². The number of likely N-dealkylation sites (tertiary alicyclic amines) is 1. The maximum Gasteiger partial charge on any atom is 0.269 e. The van der Waals surface area contributed by atoms with E-state index in [1.165, 1.54) is 0 Å². The molecule has 2 aromatic rings. The molecule has 1 aromatic carbocycles. The van der Waals surface area contributed by atoms with Gasteiger partial charge in [-0.3, -0.25) is 14.7 Å². The Morgan fingerprint density at radius 2 is 2.12 bits per heavy atom. The van der Waals surface area contributed by atoms with Crippen molar-refractivity contribution in [3.05, 3.63) is 47.3 Å². The summed E-state index contributed by atoms with van der Waals surface area (Å²) in [5, 5.41) is 6.82. The van der Waals surface area contributed by atoms with E-state index in [4.69, 9.17) is 5.73 Å². The van der Waals surface area contributed by atoms with Crippen molar-refractivity contribution in [2.45, 2.75) is 30.2 Å². The van der Waals surface area contributed by atoms with Gasteiger partial charge in [0.25, 0.3) is 11.8 Å². The largest absolute Gasteiger partial charge is 0.364 e. The summed E-state index contributed by atoms with van der Waals surface area (Å²) in [5.74, 6) is -0.557. The summed E-state index contributed by atoms with van der Waals surface area (Å²) in [5.41, 5.74) is 6.95. The second kappa shape index (κ2) is 7.09. The Morgan fingerprint density at radius 3 is 2.83 bits per heavy atom. The van der Waals surface area contributed by atoms with Crippen LogP contribution < -0.4 is 5.73 Å². The molecule has 0 aliphatic carbocycles. The Labute approximate surface area is 144 Å². The first-order valence-electron chi connectivity index (χ1n) is 7.91. The number of piperidine rings is 1. The van der Waals surface area contributed by atoms with Crippen LogP contribution in [-0.4, -0.2) is 39.7 Å². The SMILES string of the molecule is CSc1ccccc1C(=O)N1CCCCC1c1cc(C(N)=O)n[nH]1. The van der Waals surface area contributed by atoms with Crippen molar-refractivity contribution in [1.29, 1.82) is 0 Å². The molecule has 2 heterocycles. The number of thioether (sulfide) groups is 1. The summed E-state index contributed by atoms with van der Waals surface area (Å²) in [6.07, 6.45) is 4.81. The van der Waals surface area contributed by atoms with E-state index in [1.807, 2.05) is 35.4 Å². The van der Waals surface area contributed by atoms with Gasteiger partial charge in [-0.1, -0.05) is 12.1 Å². The molecule has 1 unspecified atom stereocenters. The summed E-state index contributed by atoms with van der Waals surface area (Å²) in [4.78, 5) is 27.2. The van der Waals surface area contributed by atoms with Gasteiger partial charge in [0.05, 0.1) is 17.3 Å². The first kappa shape index (κ1) is 16.6.